The molecule has 0 aliphatic carbocycles. The zero-order chi connectivity index (χ0) is 15.5. The molecule has 3 rings (SSSR count). The average Bonchev–Trinajstić information content (AvgIpc) is 2.96. The molecule has 22 heavy (non-hydrogen) atoms. The normalized spacial score (nSPS) is 14.0. The molecule has 0 atom stereocenters. The molecular weight excluding hydrogens is 300 g/mol. The minimum absolute atomic E-state index is 0.212. The fourth-order valence-corrected chi connectivity index (χ4v) is 2.88. The summed E-state index contributed by atoms with van der Waals surface area (Å²) in [5.41, 5.74) is 2.96. The highest BCUT2D eigenvalue weighted by molar-refractivity contribution is 6.30. The Kier molecular flexibility index (Phi) is 4.48. The zero-order valence-electron chi connectivity index (χ0n) is 12.6. The van der Waals surface area contributed by atoms with Crippen molar-refractivity contribution < 1.29 is 9.32 Å². The summed E-state index contributed by atoms with van der Waals surface area (Å²) in [6.45, 7) is 3.38. The summed E-state index contributed by atoms with van der Waals surface area (Å²) in [5.74, 6) is 1.01. The van der Waals surface area contributed by atoms with E-state index in [4.69, 9.17) is 16.1 Å². The maximum atomic E-state index is 12.1. The van der Waals surface area contributed by atoms with E-state index < -0.39 is 0 Å². The van der Waals surface area contributed by atoms with Crippen LogP contribution in [0.4, 0.5) is 0 Å². The lowest BCUT2D eigenvalue weighted by Gasteiger charge is -2.26. The molecule has 1 aromatic heterocycles. The van der Waals surface area contributed by atoms with E-state index in [1.54, 1.807) is 0 Å². The Morgan fingerprint density at radius 2 is 2.14 bits per heavy atom. The standard InChI is InChI=1S/C17H19ClN2O2/c1-2-3-4-16(21)20-10-9-14-15(11-20)19-22-17(14)12-5-7-13(18)8-6-12/h5-8H,2-4,9-11H2,1H3. The number of hydrogen-bond donors (Lipinski definition) is 0. The fourth-order valence-electron chi connectivity index (χ4n) is 2.76. The monoisotopic (exact) mass is 318 g/mol. The SMILES string of the molecule is CCCCC(=O)N1CCc2c(noc2-c2ccc(Cl)cc2)C1. The molecule has 4 nitrogen and oxygen atoms in total. The molecule has 0 bridgehead atoms. The number of carbonyl (C=O) groups is 1. The van der Waals surface area contributed by atoms with Crippen LogP contribution in [0, 0.1) is 0 Å². The lowest BCUT2D eigenvalue weighted by Crippen LogP contribution is -2.35. The molecule has 116 valence electrons. The summed E-state index contributed by atoms with van der Waals surface area (Å²) in [6.07, 6.45) is 3.38. The van der Waals surface area contributed by atoms with Crippen LogP contribution in [0.3, 0.4) is 0 Å². The van der Waals surface area contributed by atoms with Crippen LogP contribution >= 0.6 is 11.6 Å². The minimum atomic E-state index is 0.212. The quantitative estimate of drug-likeness (QED) is 0.853. The van der Waals surface area contributed by atoms with Gasteiger partial charge in [-0.25, -0.2) is 0 Å². The molecule has 1 amide bonds. The number of halogens is 1. The molecule has 1 aliphatic rings. The van der Waals surface area contributed by atoms with Gasteiger partial charge in [-0.1, -0.05) is 30.1 Å². The third kappa shape index (κ3) is 3.02. The van der Waals surface area contributed by atoms with E-state index in [2.05, 4.69) is 12.1 Å². The molecule has 1 aliphatic heterocycles. The van der Waals surface area contributed by atoms with Gasteiger partial charge in [-0.05, 0) is 37.1 Å². The van der Waals surface area contributed by atoms with Crippen molar-refractivity contribution in [2.75, 3.05) is 6.54 Å². The number of carbonyl (C=O) groups excluding carboxylic acids is 1. The van der Waals surface area contributed by atoms with Crippen LogP contribution in [-0.4, -0.2) is 22.5 Å². The number of rotatable bonds is 4. The Morgan fingerprint density at radius 3 is 2.86 bits per heavy atom. The van der Waals surface area contributed by atoms with Gasteiger partial charge in [0.2, 0.25) is 5.91 Å². The molecule has 0 radical (unpaired) electrons. The van der Waals surface area contributed by atoms with Gasteiger partial charge in [0.1, 0.15) is 5.69 Å². The van der Waals surface area contributed by atoms with E-state index >= 15 is 0 Å². The van der Waals surface area contributed by atoms with Crippen LogP contribution in [0.15, 0.2) is 28.8 Å². The molecule has 2 heterocycles. The summed E-state index contributed by atoms with van der Waals surface area (Å²) in [6, 6.07) is 7.55. The highest BCUT2D eigenvalue weighted by atomic mass is 35.5. The average molecular weight is 319 g/mol. The van der Waals surface area contributed by atoms with E-state index in [1.807, 2.05) is 29.2 Å². The third-order valence-electron chi connectivity index (χ3n) is 4.05. The first-order valence-corrected chi connectivity index (χ1v) is 8.08. The summed E-state index contributed by atoms with van der Waals surface area (Å²) >= 11 is 5.92. The zero-order valence-corrected chi connectivity index (χ0v) is 13.4. The van der Waals surface area contributed by atoms with Crippen molar-refractivity contribution in [3.63, 3.8) is 0 Å². The van der Waals surface area contributed by atoms with Gasteiger partial charge in [0.05, 0.1) is 6.54 Å². The summed E-state index contributed by atoms with van der Waals surface area (Å²) < 4.78 is 5.52. The topological polar surface area (TPSA) is 46.3 Å². The number of nitrogens with zero attached hydrogens (tertiary/aromatic N) is 2. The second kappa shape index (κ2) is 6.53. The number of benzene rings is 1. The van der Waals surface area contributed by atoms with Crippen molar-refractivity contribution in [1.29, 1.82) is 0 Å². The van der Waals surface area contributed by atoms with E-state index in [-0.39, 0.29) is 5.91 Å². The van der Waals surface area contributed by atoms with Gasteiger partial charge in [0.25, 0.3) is 0 Å². The Labute approximate surface area is 135 Å². The predicted molar refractivity (Wildman–Crippen MR) is 85.6 cm³/mol. The first-order valence-electron chi connectivity index (χ1n) is 7.70. The third-order valence-corrected chi connectivity index (χ3v) is 4.30. The molecule has 1 aromatic carbocycles. The number of fused-ring (bicyclic) bond motifs is 1. The number of aromatic nitrogens is 1. The van der Waals surface area contributed by atoms with Crippen LogP contribution in [0.25, 0.3) is 11.3 Å². The smallest absolute Gasteiger partial charge is 0.222 e. The fraction of sp³-hybridized carbons (Fsp3) is 0.412. The maximum Gasteiger partial charge on any atom is 0.222 e. The van der Waals surface area contributed by atoms with Crippen molar-refractivity contribution in [1.82, 2.24) is 10.1 Å². The van der Waals surface area contributed by atoms with Crippen LogP contribution in [0.5, 0.6) is 0 Å². The van der Waals surface area contributed by atoms with Crippen molar-refractivity contribution in [3.05, 3.63) is 40.5 Å². The van der Waals surface area contributed by atoms with Crippen molar-refractivity contribution in [2.45, 2.75) is 39.2 Å². The highest BCUT2D eigenvalue weighted by Crippen LogP contribution is 2.31. The van der Waals surface area contributed by atoms with Crippen molar-refractivity contribution in [2.24, 2.45) is 0 Å². The Bertz CT molecular complexity index is 664. The van der Waals surface area contributed by atoms with E-state index in [9.17, 15) is 4.79 Å². The predicted octanol–water partition coefficient (Wildman–Crippen LogP) is 4.07. The Balaban J connectivity index is 1.77. The van der Waals surface area contributed by atoms with Gasteiger partial charge in [-0.15, -0.1) is 0 Å². The Hall–Kier alpha value is -1.81. The second-order valence-electron chi connectivity index (χ2n) is 5.61. The molecular formula is C17H19ClN2O2. The summed E-state index contributed by atoms with van der Waals surface area (Å²) in [7, 11) is 0. The van der Waals surface area contributed by atoms with Gasteiger partial charge in [-0.2, -0.15) is 0 Å². The number of hydrogen-bond acceptors (Lipinski definition) is 3. The van der Waals surface area contributed by atoms with Gasteiger partial charge in [-0.3, -0.25) is 4.79 Å². The first-order chi connectivity index (χ1) is 10.7. The molecule has 0 unspecified atom stereocenters. The molecule has 0 saturated carbocycles. The van der Waals surface area contributed by atoms with Gasteiger partial charge < -0.3 is 9.42 Å². The van der Waals surface area contributed by atoms with Crippen molar-refractivity contribution in [3.8, 4) is 11.3 Å². The highest BCUT2D eigenvalue weighted by Gasteiger charge is 2.26. The first kappa shape index (κ1) is 15.1. The molecule has 0 fully saturated rings. The van der Waals surface area contributed by atoms with Gasteiger partial charge in [0.15, 0.2) is 5.76 Å². The summed E-state index contributed by atoms with van der Waals surface area (Å²) in [4.78, 5) is 14.0. The van der Waals surface area contributed by atoms with Crippen LogP contribution in [0.2, 0.25) is 5.02 Å². The van der Waals surface area contributed by atoms with E-state index in [0.29, 0.717) is 18.0 Å². The Morgan fingerprint density at radius 1 is 1.36 bits per heavy atom. The minimum Gasteiger partial charge on any atom is -0.356 e. The second-order valence-corrected chi connectivity index (χ2v) is 6.05. The van der Waals surface area contributed by atoms with Gasteiger partial charge >= 0.3 is 0 Å². The van der Waals surface area contributed by atoms with Gasteiger partial charge in [0, 0.05) is 29.1 Å². The molecule has 2 aromatic rings. The molecule has 5 heteroatoms. The van der Waals surface area contributed by atoms with Crippen molar-refractivity contribution >= 4 is 17.5 Å². The largest absolute Gasteiger partial charge is 0.356 e. The number of amides is 1. The summed E-state index contributed by atoms with van der Waals surface area (Å²) in [5, 5.41) is 4.87. The molecule has 0 spiro atoms. The van der Waals surface area contributed by atoms with Crippen LogP contribution < -0.4 is 0 Å². The number of unbranched alkanes of at least 4 members (excludes halogenated alkanes) is 1. The van der Waals surface area contributed by atoms with E-state index in [0.717, 1.165) is 48.4 Å². The van der Waals surface area contributed by atoms with Crippen LogP contribution in [0.1, 0.15) is 37.4 Å². The molecule has 0 saturated heterocycles. The maximum absolute atomic E-state index is 12.1. The lowest BCUT2D eigenvalue weighted by atomic mass is 10.0. The lowest BCUT2D eigenvalue weighted by molar-refractivity contribution is -0.132. The van der Waals surface area contributed by atoms with Crippen LogP contribution in [-0.2, 0) is 17.8 Å². The van der Waals surface area contributed by atoms with E-state index in [1.165, 1.54) is 0 Å². The molecule has 0 N–H and O–H groups in total.